The summed E-state index contributed by atoms with van der Waals surface area (Å²) in [4.78, 5) is 9.60. The molecule has 0 amide bonds. The Hall–Kier alpha value is -5.74. The Labute approximate surface area is 267 Å². The van der Waals surface area contributed by atoms with Gasteiger partial charge in [-0.2, -0.15) is 0 Å². The number of anilines is 5. The van der Waals surface area contributed by atoms with Crippen molar-refractivity contribution in [3.05, 3.63) is 157 Å². The minimum absolute atomic E-state index is 0.265. The normalized spacial score (nSPS) is 13.0. The summed E-state index contributed by atoms with van der Waals surface area (Å²) in [6.45, 7) is 0.995. The topological polar surface area (TPSA) is 19.4 Å². The SMILES string of the molecule is Fc1ccc(N(c2ccc(-c3ccccc3)cn2)c2ccc3ccc4c(N5CCCc6ccccc65)ccc5ccc2c3c54)cc1. The highest BCUT2D eigenvalue weighted by Gasteiger charge is 2.23. The first-order valence-electron chi connectivity index (χ1n) is 15.9. The summed E-state index contributed by atoms with van der Waals surface area (Å²) in [6.07, 6.45) is 4.16. The van der Waals surface area contributed by atoms with Crippen LogP contribution in [0.3, 0.4) is 0 Å². The van der Waals surface area contributed by atoms with Crippen LogP contribution >= 0.6 is 0 Å². The highest BCUT2D eigenvalue weighted by atomic mass is 19.1. The van der Waals surface area contributed by atoms with Gasteiger partial charge in [0.1, 0.15) is 11.6 Å². The lowest BCUT2D eigenvalue weighted by Gasteiger charge is -2.33. The number of fused-ring (bicyclic) bond motifs is 1. The van der Waals surface area contributed by atoms with E-state index in [-0.39, 0.29) is 5.82 Å². The molecule has 0 unspecified atom stereocenters. The summed E-state index contributed by atoms with van der Waals surface area (Å²) < 4.78 is 14.2. The third kappa shape index (κ3) is 4.29. The van der Waals surface area contributed by atoms with Crippen molar-refractivity contribution < 1.29 is 4.39 Å². The van der Waals surface area contributed by atoms with E-state index in [2.05, 4.69) is 107 Å². The van der Waals surface area contributed by atoms with Crippen molar-refractivity contribution in [1.82, 2.24) is 4.98 Å². The van der Waals surface area contributed by atoms with Crippen molar-refractivity contribution in [3.8, 4) is 11.1 Å². The van der Waals surface area contributed by atoms with E-state index in [1.807, 2.05) is 36.5 Å². The van der Waals surface area contributed by atoms with E-state index in [1.54, 1.807) is 0 Å². The highest BCUT2D eigenvalue weighted by molar-refractivity contribution is 6.27. The first kappa shape index (κ1) is 26.6. The van der Waals surface area contributed by atoms with Crippen LogP contribution in [0.4, 0.5) is 33.0 Å². The molecule has 8 aromatic rings. The van der Waals surface area contributed by atoms with Crippen molar-refractivity contribution in [2.24, 2.45) is 0 Å². The lowest BCUT2D eigenvalue weighted by Crippen LogP contribution is -2.24. The second-order valence-electron chi connectivity index (χ2n) is 12.1. The largest absolute Gasteiger partial charge is 0.341 e. The van der Waals surface area contributed by atoms with Crippen LogP contribution in [0.15, 0.2) is 146 Å². The molecular weight excluding hydrogens is 565 g/mol. The van der Waals surface area contributed by atoms with E-state index >= 15 is 0 Å². The molecular formula is C42H30FN3. The molecule has 46 heavy (non-hydrogen) atoms. The lowest BCUT2D eigenvalue weighted by atomic mass is 9.91. The van der Waals surface area contributed by atoms with Gasteiger partial charge in [0.25, 0.3) is 0 Å². The molecule has 0 fully saturated rings. The first-order chi connectivity index (χ1) is 22.7. The number of benzene rings is 7. The van der Waals surface area contributed by atoms with Gasteiger partial charge in [0.05, 0.1) is 5.69 Å². The maximum Gasteiger partial charge on any atom is 0.137 e. The second-order valence-corrected chi connectivity index (χ2v) is 12.1. The zero-order valence-electron chi connectivity index (χ0n) is 25.2. The first-order valence-corrected chi connectivity index (χ1v) is 15.9. The minimum Gasteiger partial charge on any atom is -0.341 e. The number of para-hydroxylation sites is 1. The zero-order chi connectivity index (χ0) is 30.6. The van der Waals surface area contributed by atoms with E-state index in [9.17, 15) is 4.39 Å². The van der Waals surface area contributed by atoms with E-state index in [4.69, 9.17) is 4.98 Å². The average Bonchev–Trinajstić information content (AvgIpc) is 3.12. The predicted molar refractivity (Wildman–Crippen MR) is 190 cm³/mol. The Morgan fingerprint density at radius 2 is 1.30 bits per heavy atom. The Morgan fingerprint density at radius 3 is 2.11 bits per heavy atom. The Kier molecular flexibility index (Phi) is 6.20. The van der Waals surface area contributed by atoms with Gasteiger partial charge < -0.3 is 4.90 Å². The molecule has 0 spiro atoms. The van der Waals surface area contributed by atoms with Gasteiger partial charge in [-0.3, -0.25) is 4.90 Å². The van der Waals surface area contributed by atoms with Crippen molar-refractivity contribution in [2.45, 2.75) is 12.8 Å². The van der Waals surface area contributed by atoms with Gasteiger partial charge >= 0.3 is 0 Å². The molecule has 3 nitrogen and oxygen atoms in total. The van der Waals surface area contributed by atoms with Crippen LogP contribution in [0.25, 0.3) is 43.4 Å². The fourth-order valence-corrected chi connectivity index (χ4v) is 7.29. The van der Waals surface area contributed by atoms with Gasteiger partial charge in [-0.1, -0.05) is 84.9 Å². The predicted octanol–water partition coefficient (Wildman–Crippen LogP) is 11.3. The third-order valence-corrected chi connectivity index (χ3v) is 9.43. The number of rotatable bonds is 5. The number of nitrogens with zero attached hydrogens (tertiary/aromatic N) is 3. The molecule has 0 N–H and O–H groups in total. The minimum atomic E-state index is -0.265. The highest BCUT2D eigenvalue weighted by Crippen LogP contribution is 2.46. The van der Waals surface area contributed by atoms with Crippen molar-refractivity contribution in [3.63, 3.8) is 0 Å². The number of aromatic nitrogens is 1. The monoisotopic (exact) mass is 595 g/mol. The van der Waals surface area contributed by atoms with Crippen LogP contribution < -0.4 is 9.80 Å². The maximum absolute atomic E-state index is 14.2. The molecule has 1 aliphatic heterocycles. The van der Waals surface area contributed by atoms with Crippen molar-refractivity contribution >= 4 is 60.9 Å². The average molecular weight is 596 g/mol. The number of aryl methyl sites for hydroxylation is 1. The lowest BCUT2D eigenvalue weighted by molar-refractivity contribution is 0.628. The van der Waals surface area contributed by atoms with Crippen LogP contribution in [0.5, 0.6) is 0 Å². The van der Waals surface area contributed by atoms with E-state index in [1.165, 1.54) is 56.0 Å². The van der Waals surface area contributed by atoms with Crippen LogP contribution in [-0.4, -0.2) is 11.5 Å². The molecule has 1 aromatic heterocycles. The third-order valence-electron chi connectivity index (χ3n) is 9.43. The number of pyridine rings is 1. The van der Waals surface area contributed by atoms with Crippen molar-refractivity contribution in [2.75, 3.05) is 16.3 Å². The second kappa shape index (κ2) is 10.7. The quantitative estimate of drug-likeness (QED) is 0.185. The van der Waals surface area contributed by atoms with Gasteiger partial charge in [0.2, 0.25) is 0 Å². The van der Waals surface area contributed by atoms with Gasteiger partial charge in [-0.15, -0.1) is 0 Å². The van der Waals surface area contributed by atoms with Crippen LogP contribution in [0.2, 0.25) is 0 Å². The smallest absolute Gasteiger partial charge is 0.137 e. The summed E-state index contributed by atoms with van der Waals surface area (Å²) in [5.41, 5.74) is 7.96. The molecule has 2 heterocycles. The standard InChI is InChI=1S/C42H30FN3/c43-33-17-19-34(20-18-33)46(40-25-16-32(27-44-40)28-7-2-1-3-8-28)39-24-15-31-12-21-35-38(23-14-30-13-22-36(39)42(31)41(30)35)45-26-6-10-29-9-4-5-11-37(29)45/h1-5,7-9,11-25,27H,6,10,26H2. The molecule has 0 saturated heterocycles. The molecule has 0 radical (unpaired) electrons. The Bertz CT molecular complexity index is 2350. The number of halogens is 1. The van der Waals surface area contributed by atoms with Gasteiger partial charge in [-0.05, 0) is 100 Å². The van der Waals surface area contributed by atoms with Crippen LogP contribution in [-0.2, 0) is 6.42 Å². The molecule has 7 aromatic carbocycles. The molecule has 4 heteroatoms. The summed E-state index contributed by atoms with van der Waals surface area (Å²) in [5.74, 6) is 0.505. The van der Waals surface area contributed by atoms with Gasteiger partial charge in [0.15, 0.2) is 0 Å². The van der Waals surface area contributed by atoms with Crippen LogP contribution in [0.1, 0.15) is 12.0 Å². The van der Waals surface area contributed by atoms with Gasteiger partial charge in [-0.25, -0.2) is 9.37 Å². The fourth-order valence-electron chi connectivity index (χ4n) is 7.29. The molecule has 0 atom stereocenters. The van der Waals surface area contributed by atoms with E-state index in [0.29, 0.717) is 0 Å². The molecule has 9 rings (SSSR count). The molecule has 0 saturated carbocycles. The number of hydrogen-bond donors (Lipinski definition) is 0. The molecule has 1 aliphatic rings. The number of hydrogen-bond acceptors (Lipinski definition) is 3. The molecule has 220 valence electrons. The Morgan fingerprint density at radius 1 is 0.587 bits per heavy atom. The van der Waals surface area contributed by atoms with Crippen LogP contribution in [0, 0.1) is 5.82 Å². The van der Waals surface area contributed by atoms with Crippen molar-refractivity contribution in [1.29, 1.82) is 0 Å². The van der Waals surface area contributed by atoms with E-state index in [0.717, 1.165) is 53.1 Å². The summed E-state index contributed by atoms with van der Waals surface area (Å²) in [6, 6.07) is 47.8. The zero-order valence-corrected chi connectivity index (χ0v) is 25.2. The fraction of sp³-hybridized carbons (Fsp3) is 0.0714. The molecule has 0 aliphatic carbocycles. The summed E-state index contributed by atoms with van der Waals surface area (Å²) in [5, 5.41) is 7.29. The molecule has 0 bridgehead atoms. The van der Waals surface area contributed by atoms with Gasteiger partial charge in [0, 0.05) is 46.1 Å². The summed E-state index contributed by atoms with van der Waals surface area (Å²) >= 11 is 0. The maximum atomic E-state index is 14.2. The van der Waals surface area contributed by atoms with E-state index < -0.39 is 0 Å². The summed E-state index contributed by atoms with van der Waals surface area (Å²) in [7, 11) is 0. The Balaban J connectivity index is 1.25.